The highest BCUT2D eigenvalue weighted by atomic mass is 16.4. The number of aryl methyl sites for hydroxylation is 1. The molecule has 0 aromatic heterocycles. The molecule has 1 N–H and O–H groups in total. The molecule has 0 bridgehead atoms. The maximum atomic E-state index is 13.1. The van der Waals surface area contributed by atoms with E-state index in [-0.39, 0.29) is 18.5 Å². The number of carboxylic acid groups (broad SMARTS) is 1. The Bertz CT molecular complexity index is 675. The average Bonchev–Trinajstić information content (AvgIpc) is 3.00. The van der Waals surface area contributed by atoms with Crippen LogP contribution in [0.4, 0.5) is 5.69 Å². The lowest BCUT2D eigenvalue weighted by molar-refractivity contribution is -0.143. The third-order valence-corrected chi connectivity index (χ3v) is 6.24. The van der Waals surface area contributed by atoms with Crippen molar-refractivity contribution in [1.82, 2.24) is 4.90 Å². The minimum Gasteiger partial charge on any atom is -0.480 e. The van der Waals surface area contributed by atoms with Crippen LogP contribution in [0.1, 0.15) is 44.1 Å². The van der Waals surface area contributed by atoms with E-state index in [1.54, 1.807) is 0 Å². The summed E-state index contributed by atoms with van der Waals surface area (Å²) >= 11 is 0. The van der Waals surface area contributed by atoms with Crippen LogP contribution in [0, 0.1) is 5.92 Å². The smallest absolute Gasteiger partial charge is 0.320 e. The Labute approximate surface area is 148 Å². The maximum absolute atomic E-state index is 13.1. The molecule has 1 saturated heterocycles. The molecule has 1 aliphatic carbocycles. The number of fused-ring (bicyclic) bond motifs is 2. The molecule has 0 unspecified atom stereocenters. The molecular formula is C20H26N2O3. The van der Waals surface area contributed by atoms with Gasteiger partial charge in [0.2, 0.25) is 5.91 Å². The Morgan fingerprint density at radius 2 is 1.92 bits per heavy atom. The molecule has 5 heteroatoms. The summed E-state index contributed by atoms with van der Waals surface area (Å²) in [5.74, 6) is -0.290. The van der Waals surface area contributed by atoms with Crippen molar-refractivity contribution >= 4 is 17.6 Å². The summed E-state index contributed by atoms with van der Waals surface area (Å²) in [5.41, 5.74) is 2.22. The molecule has 134 valence electrons. The number of anilines is 1. The SMILES string of the molecule is O=C(O)[C@@H]1C[C@@H]2CCCC[C@@H]2N1CC(=O)N1CCCc2ccccc21. The van der Waals surface area contributed by atoms with Gasteiger partial charge in [-0.25, -0.2) is 0 Å². The fraction of sp³-hybridized carbons (Fsp3) is 0.600. The van der Waals surface area contributed by atoms with Crippen molar-refractivity contribution in [3.05, 3.63) is 29.8 Å². The zero-order valence-corrected chi connectivity index (χ0v) is 14.6. The van der Waals surface area contributed by atoms with Gasteiger partial charge in [-0.1, -0.05) is 31.0 Å². The summed E-state index contributed by atoms with van der Waals surface area (Å²) in [5, 5.41) is 9.65. The van der Waals surface area contributed by atoms with Gasteiger partial charge in [0.1, 0.15) is 6.04 Å². The number of nitrogens with zero attached hydrogens (tertiary/aromatic N) is 2. The average molecular weight is 342 g/mol. The van der Waals surface area contributed by atoms with Crippen molar-refractivity contribution in [2.75, 3.05) is 18.0 Å². The molecule has 2 aliphatic heterocycles. The second-order valence-electron chi connectivity index (χ2n) is 7.65. The molecule has 3 atom stereocenters. The summed E-state index contributed by atoms with van der Waals surface area (Å²) < 4.78 is 0. The third kappa shape index (κ3) is 3.06. The molecule has 1 aromatic carbocycles. The first-order valence-corrected chi connectivity index (χ1v) is 9.52. The predicted molar refractivity (Wildman–Crippen MR) is 95.6 cm³/mol. The minimum atomic E-state index is -0.777. The van der Waals surface area contributed by atoms with Gasteiger partial charge in [-0.3, -0.25) is 14.5 Å². The second kappa shape index (κ2) is 6.79. The van der Waals surface area contributed by atoms with Crippen LogP contribution in [0.5, 0.6) is 0 Å². The highest BCUT2D eigenvalue weighted by Gasteiger charge is 2.46. The minimum absolute atomic E-state index is 0.0459. The lowest BCUT2D eigenvalue weighted by Gasteiger charge is -2.35. The van der Waals surface area contributed by atoms with E-state index >= 15 is 0 Å². The summed E-state index contributed by atoms with van der Waals surface area (Å²) in [6, 6.07) is 7.84. The van der Waals surface area contributed by atoms with Crippen LogP contribution in [0.2, 0.25) is 0 Å². The molecule has 1 saturated carbocycles. The number of hydrogen-bond donors (Lipinski definition) is 1. The molecule has 5 nitrogen and oxygen atoms in total. The van der Waals surface area contributed by atoms with Crippen LogP contribution < -0.4 is 4.90 Å². The highest BCUT2D eigenvalue weighted by molar-refractivity contribution is 5.96. The highest BCUT2D eigenvalue weighted by Crippen LogP contribution is 2.40. The number of amides is 1. The Morgan fingerprint density at radius 1 is 1.12 bits per heavy atom. The molecule has 2 fully saturated rings. The van der Waals surface area contributed by atoms with Gasteiger partial charge < -0.3 is 10.0 Å². The number of carboxylic acids is 1. The summed E-state index contributed by atoms with van der Waals surface area (Å²) in [6.45, 7) is 0.960. The van der Waals surface area contributed by atoms with Gasteiger partial charge in [-0.15, -0.1) is 0 Å². The number of hydrogen-bond acceptors (Lipinski definition) is 3. The van der Waals surface area contributed by atoms with Crippen molar-refractivity contribution < 1.29 is 14.7 Å². The quantitative estimate of drug-likeness (QED) is 0.917. The van der Waals surface area contributed by atoms with Crippen molar-refractivity contribution in [2.45, 2.75) is 57.0 Å². The van der Waals surface area contributed by atoms with E-state index in [4.69, 9.17) is 0 Å². The monoisotopic (exact) mass is 342 g/mol. The topological polar surface area (TPSA) is 60.9 Å². The molecule has 0 radical (unpaired) electrons. The fourth-order valence-electron chi connectivity index (χ4n) is 5.06. The standard InChI is InChI=1S/C20H26N2O3/c23-19(21-11-5-8-14-6-1-3-9-16(14)21)13-22-17-10-4-2-7-15(17)12-18(22)20(24)25/h1,3,6,9,15,17-18H,2,4-5,7-8,10-13H2,(H,24,25)/t15-,17-,18-/m0/s1. The lowest BCUT2D eigenvalue weighted by Crippen LogP contribution is -2.49. The first-order chi connectivity index (χ1) is 12.1. The van der Waals surface area contributed by atoms with Crippen LogP contribution in [-0.2, 0) is 16.0 Å². The first kappa shape index (κ1) is 16.6. The van der Waals surface area contributed by atoms with E-state index in [9.17, 15) is 14.7 Å². The normalized spacial score (nSPS) is 29.1. The van der Waals surface area contributed by atoms with Crippen molar-refractivity contribution in [1.29, 1.82) is 0 Å². The second-order valence-corrected chi connectivity index (χ2v) is 7.65. The largest absolute Gasteiger partial charge is 0.480 e. The Hall–Kier alpha value is -1.88. The number of benzene rings is 1. The lowest BCUT2D eigenvalue weighted by atomic mass is 9.85. The number of carbonyl (C=O) groups is 2. The predicted octanol–water partition coefficient (Wildman–Crippen LogP) is 2.68. The van der Waals surface area contributed by atoms with Gasteiger partial charge in [-0.2, -0.15) is 0 Å². The van der Waals surface area contributed by atoms with E-state index in [1.165, 1.54) is 12.0 Å². The van der Waals surface area contributed by atoms with Gasteiger partial charge in [0, 0.05) is 18.3 Å². The van der Waals surface area contributed by atoms with E-state index in [1.807, 2.05) is 28.0 Å². The van der Waals surface area contributed by atoms with Gasteiger partial charge in [-0.05, 0) is 49.7 Å². The Kier molecular flexibility index (Phi) is 4.50. The van der Waals surface area contributed by atoms with Crippen LogP contribution in [0.15, 0.2) is 24.3 Å². The fourth-order valence-corrected chi connectivity index (χ4v) is 5.06. The van der Waals surface area contributed by atoms with Crippen LogP contribution in [0.3, 0.4) is 0 Å². The van der Waals surface area contributed by atoms with Gasteiger partial charge in [0.25, 0.3) is 0 Å². The Morgan fingerprint density at radius 3 is 2.76 bits per heavy atom. The zero-order chi connectivity index (χ0) is 17.4. The summed E-state index contributed by atoms with van der Waals surface area (Å²) in [6.07, 6.45) is 7.14. The van der Waals surface area contributed by atoms with Gasteiger partial charge in [0.15, 0.2) is 0 Å². The Balaban J connectivity index is 1.54. The zero-order valence-electron chi connectivity index (χ0n) is 14.6. The summed E-state index contributed by atoms with van der Waals surface area (Å²) in [4.78, 5) is 28.7. The van der Waals surface area contributed by atoms with E-state index in [0.29, 0.717) is 12.3 Å². The van der Waals surface area contributed by atoms with Gasteiger partial charge in [0.05, 0.1) is 6.54 Å². The summed E-state index contributed by atoms with van der Waals surface area (Å²) in [7, 11) is 0. The molecule has 25 heavy (non-hydrogen) atoms. The molecule has 2 heterocycles. The first-order valence-electron chi connectivity index (χ1n) is 9.52. The molecular weight excluding hydrogens is 316 g/mol. The van der Waals surface area contributed by atoms with Gasteiger partial charge >= 0.3 is 5.97 Å². The maximum Gasteiger partial charge on any atom is 0.320 e. The van der Waals surface area contributed by atoms with E-state index < -0.39 is 12.0 Å². The van der Waals surface area contributed by atoms with Crippen molar-refractivity contribution in [3.8, 4) is 0 Å². The van der Waals surface area contributed by atoms with Crippen LogP contribution in [0.25, 0.3) is 0 Å². The molecule has 0 spiro atoms. The molecule has 1 aromatic rings. The number of rotatable bonds is 3. The van der Waals surface area contributed by atoms with Crippen LogP contribution in [-0.4, -0.2) is 47.1 Å². The van der Waals surface area contributed by atoms with Crippen LogP contribution >= 0.6 is 0 Å². The number of aliphatic carboxylic acids is 1. The van der Waals surface area contributed by atoms with Crippen molar-refractivity contribution in [2.24, 2.45) is 5.92 Å². The number of para-hydroxylation sites is 1. The molecule has 3 aliphatic rings. The molecule has 1 amide bonds. The van der Waals surface area contributed by atoms with Crippen molar-refractivity contribution in [3.63, 3.8) is 0 Å². The van der Waals surface area contributed by atoms with E-state index in [0.717, 1.165) is 44.3 Å². The number of likely N-dealkylation sites (tertiary alicyclic amines) is 1. The molecule has 4 rings (SSSR count). The van der Waals surface area contributed by atoms with E-state index in [2.05, 4.69) is 6.07 Å². The number of carbonyl (C=O) groups excluding carboxylic acids is 1. The third-order valence-electron chi connectivity index (χ3n) is 6.24.